The van der Waals surface area contributed by atoms with E-state index in [0.29, 0.717) is 44.2 Å². The van der Waals surface area contributed by atoms with E-state index in [1.165, 1.54) is 5.57 Å². The summed E-state index contributed by atoms with van der Waals surface area (Å²) >= 11 is 0. The molecule has 7 atom stereocenters. The molecule has 8 heteroatoms. The summed E-state index contributed by atoms with van der Waals surface area (Å²) in [4.78, 5) is 12.2. The number of carbonyl (C=O) groups is 1. The van der Waals surface area contributed by atoms with Gasteiger partial charge in [0.1, 0.15) is 13.1 Å². The van der Waals surface area contributed by atoms with Crippen molar-refractivity contribution in [2.24, 2.45) is 29.1 Å². The van der Waals surface area contributed by atoms with Crippen molar-refractivity contribution in [3.8, 4) is 0 Å². The molecule has 1 spiro atoms. The number of nitrogens with one attached hydrogen (secondary N) is 2. The number of hydrogen-bond donors (Lipinski definition) is 6. The third-order valence-electron chi connectivity index (χ3n) is 10.5. The smallest absolute Gasteiger partial charge is 0.145 e. The van der Waals surface area contributed by atoms with Gasteiger partial charge in [0.05, 0.1) is 18.3 Å². The predicted octanol–water partition coefficient (Wildman–Crippen LogP) is 4.15. The number of aldehydes is 1. The summed E-state index contributed by atoms with van der Waals surface area (Å²) in [7, 11) is 1.86. The molecule has 3 aliphatic rings. The highest BCUT2D eigenvalue weighted by molar-refractivity contribution is 5.74. The van der Waals surface area contributed by atoms with Crippen LogP contribution in [0.15, 0.2) is 70.9 Å². The van der Waals surface area contributed by atoms with E-state index in [1.54, 1.807) is 0 Å². The number of likely N-dealkylation sites (N-methyl/N-ethyl adjacent to an activating group) is 1. The lowest BCUT2D eigenvalue weighted by molar-refractivity contribution is -0.194. The third-order valence-corrected chi connectivity index (χ3v) is 10.5. The Morgan fingerprint density at radius 1 is 1.24 bits per heavy atom. The number of fused-ring (bicyclic) bond motifs is 3. The van der Waals surface area contributed by atoms with E-state index in [1.807, 2.05) is 32.2 Å². The van der Waals surface area contributed by atoms with Crippen LogP contribution in [0.2, 0.25) is 0 Å². The van der Waals surface area contributed by atoms with Gasteiger partial charge >= 0.3 is 0 Å². The van der Waals surface area contributed by atoms with Crippen molar-refractivity contribution in [2.75, 3.05) is 46.7 Å². The van der Waals surface area contributed by atoms with Gasteiger partial charge in [-0.15, -0.1) is 0 Å². The van der Waals surface area contributed by atoms with Gasteiger partial charge in [-0.1, -0.05) is 66.7 Å². The number of ether oxygens (including phenoxy) is 1. The highest BCUT2D eigenvalue weighted by atomic mass is 16.6. The van der Waals surface area contributed by atoms with Crippen LogP contribution in [0.25, 0.3) is 0 Å². The largest absolute Gasteiger partial charge is 0.396 e. The standard InChI is InChI=1S/C37H58N2O6/c1-6-39-22-27(3)11-7-9-26(2)10-8-12-31(24-45-25-42)32-15-17-37(35(32)43)34-29(16-20-40)13-14-30(33(34)28(4)23-41)21-36(37,44)18-19-38-5/h8,10-14,23,29-30,32,34-35,38-40,42-44H,2,6-7,9,15-22,24-25H2,1,3-5H3/b10-8+,27-11+,31-12-,33-28?/t29-,30-,32-,34-,35+,36+,37+/m0/s1. The summed E-state index contributed by atoms with van der Waals surface area (Å²) in [5.74, 6) is -0.829. The summed E-state index contributed by atoms with van der Waals surface area (Å²) in [5.41, 5.74) is 2.65. The fraction of sp³-hybridized carbons (Fsp3) is 0.649. The molecule has 2 saturated carbocycles. The predicted molar refractivity (Wildman–Crippen MR) is 180 cm³/mol. The maximum atomic E-state index is 12.6. The zero-order chi connectivity index (χ0) is 33.0. The second-order valence-corrected chi connectivity index (χ2v) is 13.2. The molecule has 3 aliphatic carbocycles. The highest BCUT2D eigenvalue weighted by Gasteiger charge is 2.68. The van der Waals surface area contributed by atoms with Crippen molar-refractivity contribution in [3.05, 3.63) is 70.9 Å². The zero-order valence-corrected chi connectivity index (χ0v) is 27.9. The molecule has 2 bridgehead atoms. The summed E-state index contributed by atoms with van der Waals surface area (Å²) in [6, 6.07) is 0. The monoisotopic (exact) mass is 626 g/mol. The van der Waals surface area contributed by atoms with E-state index >= 15 is 0 Å². The maximum Gasteiger partial charge on any atom is 0.145 e. The van der Waals surface area contributed by atoms with Crippen LogP contribution < -0.4 is 10.6 Å². The van der Waals surface area contributed by atoms with Crippen molar-refractivity contribution < 1.29 is 30.0 Å². The Bertz CT molecular complexity index is 1160. The molecule has 6 N–H and O–H groups in total. The Labute approximate surface area is 270 Å². The van der Waals surface area contributed by atoms with Gasteiger partial charge in [0.25, 0.3) is 0 Å². The summed E-state index contributed by atoms with van der Waals surface area (Å²) in [5, 5.41) is 51.2. The molecule has 0 radical (unpaired) electrons. The normalized spacial score (nSPS) is 32.9. The first kappa shape index (κ1) is 37.3. The number of hydrogen-bond acceptors (Lipinski definition) is 8. The van der Waals surface area contributed by atoms with Crippen LogP contribution in [0, 0.1) is 29.1 Å². The highest BCUT2D eigenvalue weighted by Crippen LogP contribution is 2.67. The number of aliphatic hydroxyl groups is 4. The molecule has 0 saturated heterocycles. The molecule has 8 nitrogen and oxygen atoms in total. The average Bonchev–Trinajstić information content (AvgIpc) is 3.37. The van der Waals surface area contributed by atoms with Crippen molar-refractivity contribution in [3.63, 3.8) is 0 Å². The Balaban J connectivity index is 1.98. The van der Waals surface area contributed by atoms with Gasteiger partial charge in [-0.25, -0.2) is 0 Å². The molecule has 0 aliphatic heterocycles. The minimum atomic E-state index is -1.20. The zero-order valence-electron chi connectivity index (χ0n) is 27.9. The van der Waals surface area contributed by atoms with E-state index < -0.39 is 23.9 Å². The van der Waals surface area contributed by atoms with Crippen LogP contribution >= 0.6 is 0 Å². The topological polar surface area (TPSA) is 131 Å². The molecule has 0 amide bonds. The van der Waals surface area contributed by atoms with E-state index in [0.717, 1.165) is 48.9 Å². The fourth-order valence-electron chi connectivity index (χ4n) is 8.34. The van der Waals surface area contributed by atoms with E-state index in [4.69, 9.17) is 4.74 Å². The van der Waals surface area contributed by atoms with Crippen LogP contribution in [0.4, 0.5) is 0 Å². The second-order valence-electron chi connectivity index (χ2n) is 13.2. The number of rotatable bonds is 18. The van der Waals surface area contributed by atoms with Crippen LogP contribution in [0.3, 0.4) is 0 Å². The maximum absolute atomic E-state index is 12.6. The molecule has 3 rings (SSSR count). The second kappa shape index (κ2) is 17.7. The molecule has 0 unspecified atom stereocenters. The van der Waals surface area contributed by atoms with E-state index in [2.05, 4.69) is 49.3 Å². The minimum Gasteiger partial charge on any atom is -0.396 e. The van der Waals surface area contributed by atoms with Gasteiger partial charge in [-0.3, -0.25) is 4.79 Å². The van der Waals surface area contributed by atoms with Crippen molar-refractivity contribution in [1.82, 2.24) is 10.6 Å². The van der Waals surface area contributed by atoms with Crippen molar-refractivity contribution >= 4 is 6.29 Å². The van der Waals surface area contributed by atoms with Crippen molar-refractivity contribution in [1.29, 1.82) is 0 Å². The van der Waals surface area contributed by atoms with Gasteiger partial charge < -0.3 is 35.8 Å². The first-order chi connectivity index (χ1) is 21.6. The third kappa shape index (κ3) is 8.41. The first-order valence-corrected chi connectivity index (χ1v) is 16.7. The molecule has 0 heterocycles. The van der Waals surface area contributed by atoms with E-state index in [-0.39, 0.29) is 36.9 Å². The Kier molecular flexibility index (Phi) is 14.6. The number of aliphatic hydroxyl groups excluding tert-OH is 3. The quantitative estimate of drug-likeness (QED) is 0.0440. The summed E-state index contributed by atoms with van der Waals surface area (Å²) in [6.45, 7) is 12.4. The van der Waals surface area contributed by atoms with Gasteiger partial charge in [0.15, 0.2) is 0 Å². The van der Waals surface area contributed by atoms with Gasteiger partial charge in [-0.05, 0) is 102 Å². The van der Waals surface area contributed by atoms with E-state index in [9.17, 15) is 25.2 Å². The molecule has 252 valence electrons. The van der Waals surface area contributed by atoms with Crippen LogP contribution in [0.1, 0.15) is 65.7 Å². The molecule has 45 heavy (non-hydrogen) atoms. The van der Waals surface area contributed by atoms with Gasteiger partial charge in [0, 0.05) is 30.4 Å². The lowest BCUT2D eigenvalue weighted by Gasteiger charge is -2.61. The summed E-state index contributed by atoms with van der Waals surface area (Å²) in [6.07, 6.45) is 16.6. The fourth-order valence-corrected chi connectivity index (χ4v) is 8.34. The lowest BCUT2D eigenvalue weighted by Crippen LogP contribution is -2.65. The lowest BCUT2D eigenvalue weighted by atomic mass is 9.45. The van der Waals surface area contributed by atoms with Crippen LogP contribution in [-0.4, -0.2) is 85.1 Å². The molecule has 0 aromatic carbocycles. The average molecular weight is 627 g/mol. The Morgan fingerprint density at radius 3 is 2.69 bits per heavy atom. The van der Waals surface area contributed by atoms with Crippen molar-refractivity contribution in [2.45, 2.75) is 77.4 Å². The van der Waals surface area contributed by atoms with Gasteiger partial charge in [0.2, 0.25) is 0 Å². The van der Waals surface area contributed by atoms with Gasteiger partial charge in [-0.2, -0.15) is 0 Å². The van der Waals surface area contributed by atoms with Crippen LogP contribution in [0.5, 0.6) is 0 Å². The Hall–Kier alpha value is -2.17. The number of carbonyl (C=O) groups excluding carboxylic acids is 1. The molecule has 0 aromatic heterocycles. The molecule has 0 aromatic rings. The summed E-state index contributed by atoms with van der Waals surface area (Å²) < 4.78 is 5.48. The first-order valence-electron chi connectivity index (χ1n) is 16.7. The molecule has 2 fully saturated rings. The Morgan fingerprint density at radius 2 is 2.02 bits per heavy atom. The minimum absolute atomic E-state index is 0.0245. The van der Waals surface area contributed by atoms with Crippen LogP contribution in [-0.2, 0) is 9.53 Å². The number of allylic oxidation sites excluding steroid dienone is 9. The SMILES string of the molecule is C=C(/C=C/C=C(/COCO)[C@@H]1CC[C@]2([C@@H]1O)[C@@H]1C(=C(C)C=O)[C@@H](C=C[C@H]1CCO)C[C@]2(O)CCNC)CC/C=C(\C)CNCC. The molecular formula is C37H58N2O6. The molecular weight excluding hydrogens is 568 g/mol.